The van der Waals surface area contributed by atoms with E-state index in [1.807, 2.05) is 0 Å². The van der Waals surface area contributed by atoms with Crippen molar-refractivity contribution in [1.82, 2.24) is 0 Å². The molecule has 0 spiro atoms. The molecule has 0 atom stereocenters. The summed E-state index contributed by atoms with van der Waals surface area (Å²) < 4.78 is -0.244. The third kappa shape index (κ3) is 5.92. The lowest BCUT2D eigenvalue weighted by atomic mass is 10.6. The van der Waals surface area contributed by atoms with Crippen LogP contribution in [0.4, 0.5) is 0 Å². The molecule has 0 bridgehead atoms. The molecule has 0 aromatic carbocycles. The molecular weight excluding hydrogens is 207 g/mol. The van der Waals surface area contributed by atoms with E-state index in [9.17, 15) is 4.79 Å². The third-order valence-electron chi connectivity index (χ3n) is 0.266. The first-order chi connectivity index (χ1) is 3.27. The zero-order chi connectivity index (χ0) is 5.70. The molecule has 0 aromatic rings. The van der Waals surface area contributed by atoms with Crippen LogP contribution in [0.25, 0.3) is 0 Å². The van der Waals surface area contributed by atoms with Crippen LogP contribution in [0.5, 0.6) is 0 Å². The Balaban J connectivity index is 3.45. The molecule has 0 fully saturated rings. The highest BCUT2D eigenvalue weighted by Gasteiger charge is 1.77. The van der Waals surface area contributed by atoms with Gasteiger partial charge in [-0.3, -0.25) is 4.79 Å². The largest absolute Gasteiger partial charge is 0.384 e. The average Bonchev–Trinajstić information content (AvgIpc) is 1.61. The Bertz CT molecular complexity index is 119. The second-order valence-corrected chi connectivity index (χ2v) is 1.71. The molecule has 0 amide bonds. The molecule has 3 heteroatoms. The van der Waals surface area contributed by atoms with E-state index in [0.29, 0.717) is 0 Å². The highest BCUT2D eigenvalue weighted by Crippen LogP contribution is 1.78. The van der Waals surface area contributed by atoms with Crippen molar-refractivity contribution in [2.24, 2.45) is 0 Å². The van der Waals surface area contributed by atoms with Crippen LogP contribution in [-0.2, 0) is 4.79 Å². The first-order valence-corrected chi connectivity index (χ1v) is 2.64. The van der Waals surface area contributed by atoms with Crippen molar-refractivity contribution in [1.29, 1.82) is 0 Å². The fourth-order valence-corrected chi connectivity index (χ4v) is 0.300. The van der Waals surface area contributed by atoms with E-state index in [2.05, 4.69) is 11.8 Å². The van der Waals surface area contributed by atoms with E-state index in [-0.39, 0.29) is 10.4 Å². The zero-order valence-electron chi connectivity index (χ0n) is 3.44. The van der Waals surface area contributed by atoms with E-state index in [1.165, 1.54) is 0 Å². The predicted octanol–water partition coefficient (Wildman–Crippen LogP) is -0.0563. The molecular formula is C4H3IO2. The molecule has 1 N–H and O–H groups in total. The molecule has 0 saturated heterocycles. The smallest absolute Gasteiger partial charge is 0.265 e. The predicted molar refractivity (Wildman–Crippen MR) is 33.9 cm³/mol. The van der Waals surface area contributed by atoms with Crippen molar-refractivity contribution in [3.63, 3.8) is 0 Å². The maximum atomic E-state index is 9.90. The van der Waals surface area contributed by atoms with Gasteiger partial charge in [0.05, 0.1) is 0 Å². The molecule has 0 aliphatic carbocycles. The second kappa shape index (κ2) is 4.09. The third-order valence-corrected chi connectivity index (χ3v) is 0.535. The van der Waals surface area contributed by atoms with Gasteiger partial charge in [-0.1, -0.05) is 5.92 Å². The van der Waals surface area contributed by atoms with Crippen LogP contribution in [0.1, 0.15) is 0 Å². The van der Waals surface area contributed by atoms with Crippen LogP contribution >= 0.6 is 22.6 Å². The second-order valence-electron chi connectivity index (χ2n) is 0.734. The molecule has 0 aromatic heterocycles. The maximum Gasteiger partial charge on any atom is 0.265 e. The van der Waals surface area contributed by atoms with E-state index < -0.39 is 0 Å². The fourth-order valence-electron chi connectivity index (χ4n) is 0.109. The Morgan fingerprint density at radius 2 is 2.43 bits per heavy atom. The molecule has 38 valence electrons. The van der Waals surface area contributed by atoms with Gasteiger partial charge in [0.15, 0.2) is 0 Å². The summed E-state index contributed by atoms with van der Waals surface area (Å²) in [6.45, 7) is -0.241. The lowest BCUT2D eigenvalue weighted by molar-refractivity contribution is -0.104. The number of carbonyl (C=O) groups is 1. The quantitative estimate of drug-likeness (QED) is 0.345. The summed E-state index contributed by atoms with van der Waals surface area (Å²) in [4.78, 5) is 9.90. The summed E-state index contributed by atoms with van der Waals surface area (Å²) >= 11 is 1.54. The van der Waals surface area contributed by atoms with Gasteiger partial charge in [0, 0.05) is 22.6 Å². The van der Waals surface area contributed by atoms with Crippen molar-refractivity contribution < 1.29 is 9.90 Å². The van der Waals surface area contributed by atoms with E-state index >= 15 is 0 Å². The van der Waals surface area contributed by atoms with Crippen molar-refractivity contribution in [3.8, 4) is 11.8 Å². The highest BCUT2D eigenvalue weighted by atomic mass is 127. The van der Waals surface area contributed by atoms with Gasteiger partial charge in [-0.15, -0.1) is 0 Å². The van der Waals surface area contributed by atoms with Gasteiger partial charge in [0.25, 0.3) is 3.79 Å². The summed E-state index contributed by atoms with van der Waals surface area (Å²) in [6.07, 6.45) is 0. The minimum Gasteiger partial charge on any atom is -0.384 e. The number of rotatable bonds is 0. The topological polar surface area (TPSA) is 37.3 Å². The summed E-state index contributed by atoms with van der Waals surface area (Å²) in [5.74, 6) is 4.34. The monoisotopic (exact) mass is 210 g/mol. The Hall–Kier alpha value is -0.0800. The number of carbonyl (C=O) groups excluding carboxylic acids is 1. The van der Waals surface area contributed by atoms with E-state index in [1.54, 1.807) is 22.6 Å². The fraction of sp³-hybridized carbons (Fsp3) is 0.250. The minimum atomic E-state index is -0.244. The molecule has 0 unspecified atom stereocenters. The Kier molecular flexibility index (Phi) is 4.04. The molecule has 0 rings (SSSR count). The summed E-state index contributed by atoms with van der Waals surface area (Å²) in [5.41, 5.74) is 0. The molecule has 7 heavy (non-hydrogen) atoms. The van der Waals surface area contributed by atoms with Gasteiger partial charge >= 0.3 is 0 Å². The molecule has 0 heterocycles. The van der Waals surface area contributed by atoms with Crippen molar-refractivity contribution in [3.05, 3.63) is 0 Å². The Morgan fingerprint density at radius 3 is 2.57 bits per heavy atom. The van der Waals surface area contributed by atoms with Crippen LogP contribution in [-0.4, -0.2) is 15.5 Å². The van der Waals surface area contributed by atoms with E-state index in [0.717, 1.165) is 0 Å². The minimum absolute atomic E-state index is 0.241. The molecule has 0 aliphatic rings. The maximum absolute atomic E-state index is 9.90. The molecule has 0 aliphatic heterocycles. The number of aliphatic hydroxyl groups is 1. The Morgan fingerprint density at radius 1 is 1.86 bits per heavy atom. The standard InChI is InChI=1S/C4H3IO2/c5-4(7)2-1-3-6/h6H,3H2. The molecule has 0 radical (unpaired) electrons. The first-order valence-electron chi connectivity index (χ1n) is 1.56. The molecule has 0 saturated carbocycles. The summed E-state index contributed by atoms with van der Waals surface area (Å²) in [5, 5.41) is 7.99. The average molecular weight is 210 g/mol. The van der Waals surface area contributed by atoms with Gasteiger partial charge in [-0.05, 0) is 5.92 Å². The SMILES string of the molecule is O=C(I)C#CCO. The summed E-state index contributed by atoms with van der Waals surface area (Å²) in [6, 6.07) is 0. The van der Waals surface area contributed by atoms with Crippen molar-refractivity contribution in [2.75, 3.05) is 6.61 Å². The van der Waals surface area contributed by atoms with Crippen LogP contribution in [0.2, 0.25) is 0 Å². The van der Waals surface area contributed by atoms with Gasteiger partial charge in [0.2, 0.25) is 0 Å². The van der Waals surface area contributed by atoms with Crippen LogP contribution in [0.3, 0.4) is 0 Å². The van der Waals surface area contributed by atoms with Gasteiger partial charge in [-0.2, -0.15) is 0 Å². The van der Waals surface area contributed by atoms with Crippen LogP contribution in [0.15, 0.2) is 0 Å². The lowest BCUT2D eigenvalue weighted by Crippen LogP contribution is -1.77. The summed E-state index contributed by atoms with van der Waals surface area (Å²) in [7, 11) is 0. The van der Waals surface area contributed by atoms with Crippen LogP contribution < -0.4 is 0 Å². The van der Waals surface area contributed by atoms with Gasteiger partial charge in [-0.25, -0.2) is 0 Å². The van der Waals surface area contributed by atoms with Crippen molar-refractivity contribution in [2.45, 2.75) is 0 Å². The van der Waals surface area contributed by atoms with Gasteiger partial charge in [0.1, 0.15) is 6.61 Å². The number of hydrogen-bond donors (Lipinski definition) is 1. The number of halogens is 1. The normalized spacial score (nSPS) is 6.57. The number of hydrogen-bond acceptors (Lipinski definition) is 2. The van der Waals surface area contributed by atoms with Gasteiger partial charge < -0.3 is 5.11 Å². The zero-order valence-corrected chi connectivity index (χ0v) is 5.60. The van der Waals surface area contributed by atoms with Crippen molar-refractivity contribution >= 4 is 26.4 Å². The molecule has 2 nitrogen and oxygen atoms in total. The van der Waals surface area contributed by atoms with E-state index in [4.69, 9.17) is 5.11 Å². The van der Waals surface area contributed by atoms with Crippen LogP contribution in [0, 0.1) is 11.8 Å². The Labute approximate surface area is 55.1 Å². The first kappa shape index (κ1) is 6.92. The lowest BCUT2D eigenvalue weighted by Gasteiger charge is -1.65. The number of aliphatic hydroxyl groups excluding tert-OH is 1. The highest BCUT2D eigenvalue weighted by molar-refractivity contribution is 14.1.